The smallest absolute Gasteiger partial charge is 0.242 e. The summed E-state index contributed by atoms with van der Waals surface area (Å²) in [5, 5.41) is 0. The average molecular weight is 449 g/mol. The van der Waals surface area contributed by atoms with Crippen molar-refractivity contribution in [2.24, 2.45) is 0 Å². The molecule has 0 radical (unpaired) electrons. The maximum Gasteiger partial charge on any atom is 0.242 e. The summed E-state index contributed by atoms with van der Waals surface area (Å²) in [6.07, 6.45) is 2.48. The molecule has 2 aromatic rings. The third-order valence-electron chi connectivity index (χ3n) is 5.51. The van der Waals surface area contributed by atoms with Gasteiger partial charge in [0.2, 0.25) is 15.9 Å². The molecule has 0 spiro atoms. The first-order valence-corrected chi connectivity index (χ1v) is 12.0. The van der Waals surface area contributed by atoms with Crippen LogP contribution in [0.4, 0.5) is 4.39 Å². The van der Waals surface area contributed by atoms with E-state index in [9.17, 15) is 17.6 Å². The molecule has 1 aliphatic heterocycles. The van der Waals surface area contributed by atoms with Gasteiger partial charge in [0, 0.05) is 33.1 Å². The van der Waals surface area contributed by atoms with E-state index < -0.39 is 15.8 Å². The summed E-state index contributed by atoms with van der Waals surface area (Å²) in [7, 11) is -2.22. The third kappa shape index (κ3) is 6.59. The molecule has 1 fully saturated rings. The summed E-state index contributed by atoms with van der Waals surface area (Å²) in [6.45, 7) is 2.11. The molecule has 6 nitrogen and oxygen atoms in total. The molecule has 168 valence electrons. The van der Waals surface area contributed by atoms with Crippen LogP contribution < -0.4 is 0 Å². The Bertz CT molecular complexity index is 943. The van der Waals surface area contributed by atoms with Crippen LogP contribution in [-0.2, 0) is 26.2 Å². The molecule has 0 aliphatic carbocycles. The molecule has 31 heavy (non-hydrogen) atoms. The minimum Gasteiger partial charge on any atom is -0.373 e. The van der Waals surface area contributed by atoms with Gasteiger partial charge >= 0.3 is 0 Å². The number of halogens is 1. The SMILES string of the molecule is CN(CCCC(=O)N1CCC(OCc2ccccc2)CC1)S(=O)(=O)c1ccc(F)cc1. The predicted octanol–water partition coefficient (Wildman–Crippen LogP) is 3.43. The Morgan fingerprint density at radius 1 is 1.10 bits per heavy atom. The highest BCUT2D eigenvalue weighted by Crippen LogP contribution is 2.18. The largest absolute Gasteiger partial charge is 0.373 e. The quantitative estimate of drug-likeness (QED) is 0.590. The second kappa shape index (κ2) is 10.8. The van der Waals surface area contributed by atoms with Crippen molar-refractivity contribution < 1.29 is 22.3 Å². The van der Waals surface area contributed by atoms with Crippen LogP contribution in [0.5, 0.6) is 0 Å². The van der Waals surface area contributed by atoms with Crippen LogP contribution in [0.1, 0.15) is 31.2 Å². The minimum atomic E-state index is -3.69. The van der Waals surface area contributed by atoms with Crippen molar-refractivity contribution >= 4 is 15.9 Å². The number of carbonyl (C=O) groups is 1. The van der Waals surface area contributed by atoms with Crippen molar-refractivity contribution in [1.29, 1.82) is 0 Å². The van der Waals surface area contributed by atoms with Crippen molar-refractivity contribution in [3.05, 3.63) is 66.0 Å². The number of piperidine rings is 1. The molecule has 0 bridgehead atoms. The number of amides is 1. The lowest BCUT2D eigenvalue weighted by Crippen LogP contribution is -2.41. The molecule has 0 saturated carbocycles. The Morgan fingerprint density at radius 3 is 2.39 bits per heavy atom. The minimum absolute atomic E-state index is 0.0362. The van der Waals surface area contributed by atoms with Crippen LogP contribution in [-0.4, -0.2) is 56.3 Å². The number of nitrogens with zero attached hydrogens (tertiary/aromatic N) is 2. The van der Waals surface area contributed by atoms with E-state index in [0.29, 0.717) is 32.5 Å². The topological polar surface area (TPSA) is 66.9 Å². The van der Waals surface area contributed by atoms with Crippen molar-refractivity contribution in [3.63, 3.8) is 0 Å². The first-order chi connectivity index (χ1) is 14.9. The van der Waals surface area contributed by atoms with Gasteiger partial charge in [-0.3, -0.25) is 4.79 Å². The molecule has 0 unspecified atom stereocenters. The summed E-state index contributed by atoms with van der Waals surface area (Å²) in [5.74, 6) is -0.449. The molecular weight excluding hydrogens is 419 g/mol. The zero-order valence-electron chi connectivity index (χ0n) is 17.7. The van der Waals surface area contributed by atoms with Gasteiger partial charge in [0.05, 0.1) is 17.6 Å². The number of likely N-dealkylation sites (tertiary alicyclic amines) is 1. The lowest BCUT2D eigenvalue weighted by molar-refractivity contribution is -0.134. The predicted molar refractivity (Wildman–Crippen MR) is 116 cm³/mol. The summed E-state index contributed by atoms with van der Waals surface area (Å²) in [4.78, 5) is 14.4. The van der Waals surface area contributed by atoms with E-state index in [2.05, 4.69) is 0 Å². The molecular formula is C23H29FN2O4S. The Morgan fingerprint density at radius 2 is 1.74 bits per heavy atom. The van der Waals surface area contributed by atoms with Gasteiger partial charge in [-0.25, -0.2) is 17.1 Å². The van der Waals surface area contributed by atoms with E-state index in [1.54, 1.807) is 0 Å². The van der Waals surface area contributed by atoms with Gasteiger partial charge in [-0.05, 0) is 49.1 Å². The highest BCUT2D eigenvalue weighted by atomic mass is 32.2. The molecule has 1 amide bonds. The normalized spacial score (nSPS) is 15.4. The van der Waals surface area contributed by atoms with E-state index in [1.165, 1.54) is 23.5 Å². The fourth-order valence-corrected chi connectivity index (χ4v) is 4.79. The molecule has 0 atom stereocenters. The Hall–Kier alpha value is -2.29. The van der Waals surface area contributed by atoms with Gasteiger partial charge in [0.25, 0.3) is 0 Å². The van der Waals surface area contributed by atoms with Crippen LogP contribution in [0, 0.1) is 5.82 Å². The average Bonchev–Trinajstić information content (AvgIpc) is 2.79. The Kier molecular flexibility index (Phi) is 8.17. The van der Waals surface area contributed by atoms with Gasteiger partial charge in [0.1, 0.15) is 5.82 Å². The van der Waals surface area contributed by atoms with Gasteiger partial charge in [-0.1, -0.05) is 30.3 Å². The first kappa shape index (κ1) is 23.4. The standard InChI is InChI=1S/C23H29FN2O4S/c1-25(31(28,29)22-11-9-20(24)10-12-22)15-5-8-23(27)26-16-13-21(14-17-26)30-18-19-6-3-2-4-7-19/h2-4,6-7,9-12,21H,5,8,13-18H2,1H3. The monoisotopic (exact) mass is 448 g/mol. The van der Waals surface area contributed by atoms with E-state index in [-0.39, 0.29) is 23.5 Å². The highest BCUT2D eigenvalue weighted by molar-refractivity contribution is 7.89. The molecule has 3 rings (SSSR count). The molecule has 1 heterocycles. The van der Waals surface area contributed by atoms with Crippen molar-refractivity contribution in [1.82, 2.24) is 9.21 Å². The summed E-state index contributed by atoms with van der Waals surface area (Å²) >= 11 is 0. The Balaban J connectivity index is 1.37. The van der Waals surface area contributed by atoms with E-state index in [1.807, 2.05) is 35.2 Å². The fraction of sp³-hybridized carbons (Fsp3) is 0.435. The highest BCUT2D eigenvalue weighted by Gasteiger charge is 2.24. The summed E-state index contributed by atoms with van der Waals surface area (Å²) < 4.78 is 45.2. The van der Waals surface area contributed by atoms with Crippen LogP contribution in [0.25, 0.3) is 0 Å². The number of ether oxygens (including phenoxy) is 1. The van der Waals surface area contributed by atoms with Gasteiger partial charge in [-0.2, -0.15) is 0 Å². The maximum absolute atomic E-state index is 13.0. The Labute approximate surface area is 183 Å². The fourth-order valence-electron chi connectivity index (χ4n) is 3.58. The van der Waals surface area contributed by atoms with Crippen LogP contribution >= 0.6 is 0 Å². The van der Waals surface area contributed by atoms with Gasteiger partial charge < -0.3 is 9.64 Å². The zero-order valence-corrected chi connectivity index (χ0v) is 18.6. The van der Waals surface area contributed by atoms with Crippen LogP contribution in [0.3, 0.4) is 0 Å². The van der Waals surface area contributed by atoms with Gasteiger partial charge in [-0.15, -0.1) is 0 Å². The van der Waals surface area contributed by atoms with E-state index in [4.69, 9.17) is 4.74 Å². The second-order valence-corrected chi connectivity index (χ2v) is 9.81. The lowest BCUT2D eigenvalue weighted by Gasteiger charge is -2.32. The van der Waals surface area contributed by atoms with Crippen molar-refractivity contribution in [2.45, 2.75) is 43.3 Å². The number of rotatable bonds is 9. The number of sulfonamides is 1. The third-order valence-corrected chi connectivity index (χ3v) is 7.38. The molecule has 0 aromatic heterocycles. The molecule has 2 aromatic carbocycles. The molecule has 8 heteroatoms. The summed E-state index contributed by atoms with van der Waals surface area (Å²) in [5.41, 5.74) is 1.14. The number of hydrogen-bond donors (Lipinski definition) is 0. The van der Waals surface area contributed by atoms with Crippen molar-refractivity contribution in [3.8, 4) is 0 Å². The first-order valence-electron chi connectivity index (χ1n) is 10.5. The molecule has 1 saturated heterocycles. The van der Waals surface area contributed by atoms with E-state index in [0.717, 1.165) is 30.5 Å². The zero-order chi connectivity index (χ0) is 22.3. The number of carbonyl (C=O) groups excluding carboxylic acids is 1. The van der Waals surface area contributed by atoms with Gasteiger partial charge in [0.15, 0.2) is 0 Å². The van der Waals surface area contributed by atoms with Crippen LogP contribution in [0.15, 0.2) is 59.5 Å². The molecule has 0 N–H and O–H groups in total. The lowest BCUT2D eigenvalue weighted by atomic mass is 10.1. The second-order valence-electron chi connectivity index (χ2n) is 7.76. The number of benzene rings is 2. The molecule has 1 aliphatic rings. The summed E-state index contributed by atoms with van der Waals surface area (Å²) in [6, 6.07) is 14.8. The van der Waals surface area contributed by atoms with E-state index >= 15 is 0 Å². The number of hydrogen-bond acceptors (Lipinski definition) is 4. The van der Waals surface area contributed by atoms with Crippen LogP contribution in [0.2, 0.25) is 0 Å². The maximum atomic E-state index is 13.0. The van der Waals surface area contributed by atoms with Crippen molar-refractivity contribution in [2.75, 3.05) is 26.7 Å².